The molecule has 2 rings (SSSR count). The zero-order valence-electron chi connectivity index (χ0n) is 14.1. The summed E-state index contributed by atoms with van der Waals surface area (Å²) in [5.41, 5.74) is 4.65. The van der Waals surface area contributed by atoms with E-state index < -0.39 is 22.4 Å². The van der Waals surface area contributed by atoms with E-state index in [4.69, 9.17) is 28.6 Å². The van der Waals surface area contributed by atoms with E-state index in [9.17, 15) is 19.7 Å². The first-order chi connectivity index (χ1) is 13.2. The maximum Gasteiger partial charge on any atom is 0.288 e. The van der Waals surface area contributed by atoms with Crippen molar-refractivity contribution in [2.75, 3.05) is 7.11 Å². The van der Waals surface area contributed by atoms with Crippen LogP contribution in [0, 0.1) is 13.7 Å². The van der Waals surface area contributed by atoms with Gasteiger partial charge < -0.3 is 4.74 Å². The van der Waals surface area contributed by atoms with Crippen molar-refractivity contribution in [2.24, 2.45) is 0 Å². The van der Waals surface area contributed by atoms with Crippen LogP contribution in [0.15, 0.2) is 36.4 Å². The molecule has 9 nitrogen and oxygen atoms in total. The molecular weight excluding hydrogens is 523 g/mol. The minimum absolute atomic E-state index is 0.0173. The predicted octanol–water partition coefficient (Wildman–Crippen LogP) is 2.81. The maximum atomic E-state index is 12.1. The van der Waals surface area contributed by atoms with Gasteiger partial charge in [0.15, 0.2) is 5.11 Å². The van der Waals surface area contributed by atoms with E-state index in [1.165, 1.54) is 19.2 Å². The number of hydrogen-bond acceptors (Lipinski definition) is 6. The minimum atomic E-state index is -0.703. The molecule has 3 N–H and O–H groups in total. The first kappa shape index (κ1) is 21.8. The highest BCUT2D eigenvalue weighted by molar-refractivity contribution is 14.1. The van der Waals surface area contributed by atoms with Gasteiger partial charge in [0.2, 0.25) is 0 Å². The lowest BCUT2D eigenvalue weighted by molar-refractivity contribution is -0.384. The van der Waals surface area contributed by atoms with E-state index in [0.29, 0.717) is 11.3 Å². The van der Waals surface area contributed by atoms with Crippen LogP contribution >= 0.6 is 46.4 Å². The molecule has 12 heteroatoms. The number of benzene rings is 2. The highest BCUT2D eigenvalue weighted by Crippen LogP contribution is 2.25. The lowest BCUT2D eigenvalue weighted by atomic mass is 10.2. The number of carbonyl (C=O) groups is 2. The number of hydrazine groups is 1. The Morgan fingerprint density at radius 2 is 1.79 bits per heavy atom. The standard InChI is InChI=1S/C16H12ClIN4O5S/c1-27-13-5-3-8(6-11(13)18)15(24)20-21-16(28)19-14(23)9-2-4-10(17)12(7-9)22(25)26/h2-7H,1H3,(H,20,24)(H2,19,21,23,28). The Hall–Kier alpha value is -2.51. The molecular formula is C16H12ClIN4O5S. The maximum absolute atomic E-state index is 12.1. The summed E-state index contributed by atoms with van der Waals surface area (Å²) in [7, 11) is 1.52. The summed E-state index contributed by atoms with van der Waals surface area (Å²) in [4.78, 5) is 34.5. The van der Waals surface area contributed by atoms with Gasteiger partial charge in [0, 0.05) is 17.2 Å². The van der Waals surface area contributed by atoms with Gasteiger partial charge in [-0.25, -0.2) is 0 Å². The number of nitrogens with zero attached hydrogens (tertiary/aromatic N) is 1. The van der Waals surface area contributed by atoms with Crippen molar-refractivity contribution in [2.45, 2.75) is 0 Å². The van der Waals surface area contributed by atoms with Gasteiger partial charge in [0.25, 0.3) is 17.5 Å². The fourth-order valence-corrected chi connectivity index (χ4v) is 3.06. The van der Waals surface area contributed by atoms with Gasteiger partial charge in [-0.05, 0) is 65.1 Å². The number of hydrogen-bond donors (Lipinski definition) is 3. The van der Waals surface area contributed by atoms with Crippen LogP contribution in [0.1, 0.15) is 20.7 Å². The Bertz CT molecular complexity index is 972. The van der Waals surface area contributed by atoms with Crippen LogP contribution in [0.4, 0.5) is 5.69 Å². The lowest BCUT2D eigenvalue weighted by Crippen LogP contribution is -2.48. The molecule has 0 bridgehead atoms. The van der Waals surface area contributed by atoms with E-state index in [1.807, 2.05) is 22.6 Å². The Labute approximate surface area is 183 Å². The number of nitro benzene ring substituents is 1. The second-order valence-corrected chi connectivity index (χ2v) is 7.11. The summed E-state index contributed by atoms with van der Waals surface area (Å²) >= 11 is 12.7. The van der Waals surface area contributed by atoms with Crippen molar-refractivity contribution < 1.29 is 19.2 Å². The SMILES string of the molecule is COc1ccc(C(=O)NNC(=S)NC(=O)c2ccc(Cl)c([N+](=O)[O-])c2)cc1I. The molecule has 28 heavy (non-hydrogen) atoms. The van der Waals surface area contributed by atoms with E-state index in [1.54, 1.807) is 18.2 Å². The van der Waals surface area contributed by atoms with E-state index >= 15 is 0 Å². The summed E-state index contributed by atoms with van der Waals surface area (Å²) in [6.07, 6.45) is 0. The van der Waals surface area contributed by atoms with Gasteiger partial charge in [-0.2, -0.15) is 0 Å². The number of nitro groups is 1. The summed E-state index contributed by atoms with van der Waals surface area (Å²) in [6, 6.07) is 8.39. The molecule has 2 amide bonds. The molecule has 0 aliphatic carbocycles. The first-order valence-electron chi connectivity index (χ1n) is 7.42. The van der Waals surface area contributed by atoms with Gasteiger partial charge in [0.05, 0.1) is 15.6 Å². The van der Waals surface area contributed by atoms with Crippen molar-refractivity contribution >= 4 is 69.0 Å². The molecule has 0 heterocycles. The second kappa shape index (κ2) is 9.61. The largest absolute Gasteiger partial charge is 0.496 e. The molecule has 2 aromatic rings. The number of carbonyl (C=O) groups excluding carboxylic acids is 2. The average Bonchev–Trinajstić information content (AvgIpc) is 2.66. The third-order valence-electron chi connectivity index (χ3n) is 3.34. The highest BCUT2D eigenvalue weighted by atomic mass is 127. The van der Waals surface area contributed by atoms with Gasteiger partial charge in [-0.1, -0.05) is 11.6 Å². The van der Waals surface area contributed by atoms with Gasteiger partial charge in [0.1, 0.15) is 10.8 Å². The molecule has 0 atom stereocenters. The monoisotopic (exact) mass is 534 g/mol. The Morgan fingerprint density at radius 1 is 1.14 bits per heavy atom. The molecule has 0 saturated heterocycles. The number of thiocarbonyl (C=S) groups is 1. The van der Waals surface area contributed by atoms with E-state index in [0.717, 1.165) is 9.64 Å². The normalized spacial score (nSPS) is 9.96. The summed E-state index contributed by atoms with van der Waals surface area (Å²) in [5.74, 6) is -0.560. The molecule has 0 radical (unpaired) electrons. The molecule has 0 aliphatic rings. The van der Waals surface area contributed by atoms with Crippen LogP contribution in [0.5, 0.6) is 5.75 Å². The topological polar surface area (TPSA) is 123 Å². The summed E-state index contributed by atoms with van der Waals surface area (Å²) in [5, 5.41) is 12.9. The van der Waals surface area contributed by atoms with Crippen LogP contribution in [-0.4, -0.2) is 29.0 Å². The molecule has 0 unspecified atom stereocenters. The van der Waals surface area contributed by atoms with Crippen LogP contribution in [0.25, 0.3) is 0 Å². The zero-order chi connectivity index (χ0) is 20.8. The average molecular weight is 535 g/mol. The number of halogens is 2. The van der Waals surface area contributed by atoms with Crippen molar-refractivity contribution in [3.63, 3.8) is 0 Å². The molecule has 0 saturated carbocycles. The smallest absolute Gasteiger partial charge is 0.288 e. The molecule has 0 aromatic heterocycles. The second-order valence-electron chi connectivity index (χ2n) is 5.13. The minimum Gasteiger partial charge on any atom is -0.496 e. The van der Waals surface area contributed by atoms with Crippen molar-refractivity contribution in [3.05, 3.63) is 66.2 Å². The Kier molecular flexibility index (Phi) is 7.48. The molecule has 146 valence electrons. The number of methoxy groups -OCH3 is 1. The predicted molar refractivity (Wildman–Crippen MR) is 114 cm³/mol. The molecule has 0 aliphatic heterocycles. The Balaban J connectivity index is 1.96. The number of amides is 2. The van der Waals surface area contributed by atoms with Crippen molar-refractivity contribution in [1.82, 2.24) is 16.2 Å². The van der Waals surface area contributed by atoms with Crippen LogP contribution in [0.2, 0.25) is 5.02 Å². The molecule has 0 fully saturated rings. The summed E-state index contributed by atoms with van der Waals surface area (Å²) in [6.45, 7) is 0. The van der Waals surface area contributed by atoms with Crippen molar-refractivity contribution in [3.8, 4) is 5.75 Å². The first-order valence-corrected chi connectivity index (χ1v) is 9.28. The number of rotatable bonds is 4. The number of nitrogens with one attached hydrogen (secondary N) is 3. The van der Waals surface area contributed by atoms with Gasteiger partial charge in [-0.15, -0.1) is 0 Å². The number of ether oxygens (including phenoxy) is 1. The lowest BCUT2D eigenvalue weighted by Gasteiger charge is -2.11. The van der Waals surface area contributed by atoms with Gasteiger partial charge in [-0.3, -0.25) is 35.9 Å². The van der Waals surface area contributed by atoms with E-state index in [-0.39, 0.29) is 15.7 Å². The third-order valence-corrected chi connectivity index (χ3v) is 4.70. The van der Waals surface area contributed by atoms with Crippen LogP contribution < -0.4 is 20.9 Å². The van der Waals surface area contributed by atoms with Crippen molar-refractivity contribution in [1.29, 1.82) is 0 Å². The third kappa shape index (κ3) is 5.50. The summed E-state index contributed by atoms with van der Waals surface area (Å²) < 4.78 is 5.86. The highest BCUT2D eigenvalue weighted by Gasteiger charge is 2.17. The zero-order valence-corrected chi connectivity index (χ0v) is 17.8. The Morgan fingerprint density at radius 3 is 2.39 bits per heavy atom. The van der Waals surface area contributed by atoms with E-state index in [2.05, 4.69) is 16.2 Å². The quantitative estimate of drug-likeness (QED) is 0.239. The van der Waals surface area contributed by atoms with Crippen LogP contribution in [0.3, 0.4) is 0 Å². The molecule has 2 aromatic carbocycles. The fraction of sp³-hybridized carbons (Fsp3) is 0.0625. The molecule has 0 spiro atoms. The fourth-order valence-electron chi connectivity index (χ4n) is 1.99. The van der Waals surface area contributed by atoms with Gasteiger partial charge >= 0.3 is 0 Å². The van der Waals surface area contributed by atoms with Crippen LogP contribution in [-0.2, 0) is 0 Å².